The van der Waals surface area contributed by atoms with Gasteiger partial charge >= 0.3 is 0 Å². The zero-order valence-electron chi connectivity index (χ0n) is 27.8. The quantitative estimate of drug-likeness (QED) is 0.299. The van der Waals surface area contributed by atoms with E-state index in [1.165, 1.54) is 0 Å². The zero-order valence-corrected chi connectivity index (χ0v) is 27.8. The van der Waals surface area contributed by atoms with Crippen molar-refractivity contribution < 1.29 is 28.9 Å². The third-order valence-corrected chi connectivity index (χ3v) is 8.81. The molecule has 0 aromatic heterocycles. The topological polar surface area (TPSA) is 104 Å². The number of nitrogens with one attached hydrogen (secondary N) is 1. The number of aliphatic hydroxyl groups excluding tert-OH is 1. The molecule has 47 heavy (non-hydrogen) atoms. The number of carbonyl (C=O) groups excluding carboxylic acids is 2. The summed E-state index contributed by atoms with van der Waals surface area (Å²) in [6, 6.07) is 23.0. The van der Waals surface area contributed by atoms with E-state index in [-0.39, 0.29) is 42.9 Å². The van der Waals surface area contributed by atoms with Gasteiger partial charge < -0.3 is 29.5 Å². The van der Waals surface area contributed by atoms with Gasteiger partial charge in [-0.2, -0.15) is 0 Å². The van der Waals surface area contributed by atoms with Crippen molar-refractivity contribution in [1.82, 2.24) is 14.7 Å². The summed E-state index contributed by atoms with van der Waals surface area (Å²) in [5, 5.41) is 13.0. The molecule has 0 unspecified atom stereocenters. The van der Waals surface area contributed by atoms with Crippen LogP contribution in [0.3, 0.4) is 0 Å². The summed E-state index contributed by atoms with van der Waals surface area (Å²) in [7, 11) is 2.06. The first-order chi connectivity index (χ1) is 22.8. The standard InChI is InChI=1S/C37H48N4O6/c1-27-23-41(28(2)26-42)37(44)22-30-21-31(38-36(43)15-16-40-17-19-45-20-18-40)11-14-34(30)47-35(27)25-39(3)24-29-9-12-33(13-10-29)46-32-7-5-4-6-8-32/h4-14,21,27-28,35,42H,15-20,22-26H2,1-3H3,(H,38,43)/t27-,28+,35+/m1/s1. The Morgan fingerprint density at radius 2 is 1.79 bits per heavy atom. The lowest BCUT2D eigenvalue weighted by Crippen LogP contribution is -2.47. The highest BCUT2D eigenvalue weighted by molar-refractivity contribution is 5.91. The summed E-state index contributed by atoms with van der Waals surface area (Å²) in [5.74, 6) is 2.05. The molecule has 0 saturated carbocycles. The lowest BCUT2D eigenvalue weighted by atomic mass is 10.0. The van der Waals surface area contributed by atoms with Gasteiger partial charge in [-0.25, -0.2) is 0 Å². The molecule has 1 saturated heterocycles. The fourth-order valence-corrected chi connectivity index (χ4v) is 6.00. The van der Waals surface area contributed by atoms with Crippen molar-refractivity contribution >= 4 is 17.5 Å². The Bertz CT molecular complexity index is 1450. The predicted molar refractivity (Wildman–Crippen MR) is 182 cm³/mol. The van der Waals surface area contributed by atoms with Crippen LogP contribution in [-0.4, -0.2) is 103 Å². The van der Waals surface area contributed by atoms with Crippen LogP contribution >= 0.6 is 0 Å². The van der Waals surface area contributed by atoms with Crippen molar-refractivity contribution in [3.63, 3.8) is 0 Å². The summed E-state index contributed by atoms with van der Waals surface area (Å²) in [5.41, 5.74) is 2.49. The van der Waals surface area contributed by atoms with E-state index in [1.54, 1.807) is 4.90 Å². The molecule has 2 N–H and O–H groups in total. The van der Waals surface area contributed by atoms with Crippen molar-refractivity contribution in [2.24, 2.45) is 5.92 Å². The molecule has 0 bridgehead atoms. The minimum Gasteiger partial charge on any atom is -0.488 e. The highest BCUT2D eigenvalue weighted by Crippen LogP contribution is 2.30. The summed E-state index contributed by atoms with van der Waals surface area (Å²) < 4.78 is 18.0. The summed E-state index contributed by atoms with van der Waals surface area (Å²) >= 11 is 0. The first-order valence-electron chi connectivity index (χ1n) is 16.6. The van der Waals surface area contributed by atoms with E-state index < -0.39 is 0 Å². The van der Waals surface area contributed by atoms with Crippen LogP contribution < -0.4 is 14.8 Å². The average molecular weight is 645 g/mol. The number of benzene rings is 3. The second-order valence-electron chi connectivity index (χ2n) is 12.7. The van der Waals surface area contributed by atoms with Crippen LogP contribution in [0.5, 0.6) is 17.2 Å². The number of fused-ring (bicyclic) bond motifs is 1. The largest absolute Gasteiger partial charge is 0.488 e. The molecule has 3 aromatic rings. The number of likely N-dealkylation sites (N-methyl/N-ethyl adjacent to an activating group) is 1. The molecule has 2 amide bonds. The number of para-hydroxylation sites is 1. The first-order valence-corrected chi connectivity index (χ1v) is 16.6. The van der Waals surface area contributed by atoms with E-state index in [2.05, 4.69) is 41.2 Å². The molecule has 252 valence electrons. The Labute approximate surface area is 278 Å². The molecule has 1 fully saturated rings. The molecule has 0 spiro atoms. The molecule has 3 atom stereocenters. The Morgan fingerprint density at radius 3 is 2.51 bits per heavy atom. The number of amides is 2. The van der Waals surface area contributed by atoms with E-state index in [1.807, 2.05) is 67.6 Å². The average Bonchev–Trinajstić information content (AvgIpc) is 3.12. The highest BCUT2D eigenvalue weighted by Gasteiger charge is 2.31. The molecule has 2 heterocycles. The smallest absolute Gasteiger partial charge is 0.227 e. The molecule has 10 heteroatoms. The second-order valence-corrected chi connectivity index (χ2v) is 12.7. The van der Waals surface area contributed by atoms with E-state index in [9.17, 15) is 14.7 Å². The minimum absolute atomic E-state index is 0.0115. The Kier molecular flexibility index (Phi) is 12.2. The molecule has 5 rings (SSSR count). The number of morpholine rings is 1. The Morgan fingerprint density at radius 1 is 1.06 bits per heavy atom. The number of hydrogen-bond donors (Lipinski definition) is 2. The fraction of sp³-hybridized carbons (Fsp3) is 0.459. The number of carbonyl (C=O) groups is 2. The molecule has 3 aromatic carbocycles. The number of rotatable bonds is 12. The lowest BCUT2D eigenvalue weighted by Gasteiger charge is -2.34. The van der Waals surface area contributed by atoms with E-state index >= 15 is 0 Å². The highest BCUT2D eigenvalue weighted by atomic mass is 16.5. The molecule has 0 aliphatic carbocycles. The van der Waals surface area contributed by atoms with Crippen molar-refractivity contribution in [3.8, 4) is 17.2 Å². The molecule has 0 radical (unpaired) electrons. The van der Waals surface area contributed by atoms with Gasteiger partial charge in [0.1, 0.15) is 23.4 Å². The Balaban J connectivity index is 1.27. The summed E-state index contributed by atoms with van der Waals surface area (Å²) in [6.45, 7) is 9.35. The number of anilines is 1. The third-order valence-electron chi connectivity index (χ3n) is 8.81. The van der Waals surface area contributed by atoms with Crippen LogP contribution in [-0.2, 0) is 27.3 Å². The SMILES string of the molecule is C[C@@H]1CN([C@@H](C)CO)C(=O)Cc2cc(NC(=O)CCN3CCOCC3)ccc2O[C@H]1CN(C)Cc1ccc(Oc2ccccc2)cc1. The maximum atomic E-state index is 13.6. The van der Waals surface area contributed by atoms with Crippen LogP contribution in [0.15, 0.2) is 72.8 Å². The van der Waals surface area contributed by atoms with Crippen molar-refractivity contribution in [1.29, 1.82) is 0 Å². The maximum absolute atomic E-state index is 13.6. The van der Waals surface area contributed by atoms with Crippen molar-refractivity contribution in [2.75, 3.05) is 64.9 Å². The van der Waals surface area contributed by atoms with Crippen molar-refractivity contribution in [2.45, 2.75) is 45.4 Å². The fourth-order valence-electron chi connectivity index (χ4n) is 6.00. The van der Waals surface area contributed by atoms with Gasteiger partial charge in [-0.15, -0.1) is 0 Å². The lowest BCUT2D eigenvalue weighted by molar-refractivity contribution is -0.134. The maximum Gasteiger partial charge on any atom is 0.227 e. The molecule has 10 nitrogen and oxygen atoms in total. The van der Waals surface area contributed by atoms with Gasteiger partial charge in [0.25, 0.3) is 0 Å². The van der Waals surface area contributed by atoms with Gasteiger partial charge in [0.15, 0.2) is 0 Å². The van der Waals surface area contributed by atoms with Gasteiger partial charge in [0.05, 0.1) is 32.3 Å². The van der Waals surface area contributed by atoms with Crippen molar-refractivity contribution in [3.05, 3.63) is 83.9 Å². The molecule has 2 aliphatic rings. The number of hydrogen-bond acceptors (Lipinski definition) is 8. The van der Waals surface area contributed by atoms with E-state index in [0.717, 1.165) is 30.2 Å². The second kappa shape index (κ2) is 16.7. The Hall–Kier alpha value is -3.96. The van der Waals surface area contributed by atoms with Gasteiger partial charge in [0.2, 0.25) is 11.8 Å². The monoisotopic (exact) mass is 644 g/mol. The normalized spacial score (nSPS) is 19.6. The van der Waals surface area contributed by atoms with Crippen LogP contribution in [0.25, 0.3) is 0 Å². The van der Waals surface area contributed by atoms with Gasteiger partial charge in [-0.3, -0.25) is 19.4 Å². The van der Waals surface area contributed by atoms with Gasteiger partial charge in [0, 0.05) is 62.9 Å². The molecular weight excluding hydrogens is 596 g/mol. The van der Waals surface area contributed by atoms with Gasteiger partial charge in [-0.1, -0.05) is 37.3 Å². The van der Waals surface area contributed by atoms with Crippen LogP contribution in [0.2, 0.25) is 0 Å². The zero-order chi connectivity index (χ0) is 33.2. The minimum atomic E-state index is -0.329. The van der Waals surface area contributed by atoms with Crippen LogP contribution in [0.1, 0.15) is 31.4 Å². The number of aliphatic hydroxyl groups is 1. The number of ether oxygens (including phenoxy) is 3. The first kappa shape index (κ1) is 34.4. The van der Waals surface area contributed by atoms with E-state index in [0.29, 0.717) is 62.8 Å². The molecule has 2 aliphatic heterocycles. The van der Waals surface area contributed by atoms with Crippen LogP contribution in [0, 0.1) is 5.92 Å². The van der Waals surface area contributed by atoms with Gasteiger partial charge in [-0.05, 0) is 62.0 Å². The summed E-state index contributed by atoms with van der Waals surface area (Å²) in [6.07, 6.45) is 0.264. The predicted octanol–water partition coefficient (Wildman–Crippen LogP) is 4.42. The summed E-state index contributed by atoms with van der Waals surface area (Å²) in [4.78, 5) is 32.6. The molecular formula is C37H48N4O6. The third kappa shape index (κ3) is 10.0. The number of nitrogens with zero attached hydrogens (tertiary/aromatic N) is 3. The van der Waals surface area contributed by atoms with E-state index in [4.69, 9.17) is 14.2 Å². The van der Waals surface area contributed by atoms with Crippen LogP contribution in [0.4, 0.5) is 5.69 Å².